The van der Waals surface area contributed by atoms with E-state index >= 15 is 0 Å². The standard InChI is InChI=1S/C10H10O4S/c1-7(2)10(11)14-8-5-3-4-6-9(8)15(12)13/h3-6,8H,1H2,2H3. The molecule has 0 aliphatic heterocycles. The zero-order valence-electron chi connectivity index (χ0n) is 8.14. The third-order valence-electron chi connectivity index (χ3n) is 1.71. The largest absolute Gasteiger partial charge is 0.449 e. The van der Waals surface area contributed by atoms with Crippen molar-refractivity contribution in [3.8, 4) is 0 Å². The first-order chi connectivity index (χ1) is 7.02. The molecule has 5 heteroatoms. The minimum absolute atomic E-state index is 0.0344. The van der Waals surface area contributed by atoms with E-state index in [-0.39, 0.29) is 10.4 Å². The van der Waals surface area contributed by atoms with Crippen LogP contribution >= 0.6 is 0 Å². The number of rotatable bonds is 2. The van der Waals surface area contributed by atoms with Crippen LogP contribution < -0.4 is 0 Å². The van der Waals surface area contributed by atoms with Crippen LogP contribution in [0.15, 0.2) is 36.5 Å². The van der Waals surface area contributed by atoms with Crippen molar-refractivity contribution < 1.29 is 17.9 Å². The summed E-state index contributed by atoms with van der Waals surface area (Å²) < 4.78 is 26.5. The zero-order valence-corrected chi connectivity index (χ0v) is 8.95. The maximum atomic E-state index is 11.2. The number of carbonyl (C=O) groups is 1. The van der Waals surface area contributed by atoms with Crippen LogP contribution in [0.1, 0.15) is 6.92 Å². The van der Waals surface area contributed by atoms with Gasteiger partial charge in [0.25, 0.3) is 0 Å². The molecule has 80 valence electrons. The summed E-state index contributed by atoms with van der Waals surface area (Å²) in [7, 11) is -2.39. The number of hydrogen-bond acceptors (Lipinski definition) is 4. The lowest BCUT2D eigenvalue weighted by Crippen LogP contribution is -2.26. The Labute approximate surface area is 89.1 Å². The second-order valence-corrected chi connectivity index (χ2v) is 3.93. The molecule has 0 bridgehead atoms. The van der Waals surface area contributed by atoms with E-state index in [1.54, 1.807) is 12.2 Å². The SMILES string of the molecule is C=C(C)C(=O)OC1C=CC=CC1=S(=O)=O. The first-order valence-corrected chi connectivity index (χ1v) is 5.27. The van der Waals surface area contributed by atoms with Crippen molar-refractivity contribution >= 4 is 21.1 Å². The molecular weight excluding hydrogens is 216 g/mol. The number of esters is 1. The van der Waals surface area contributed by atoms with Gasteiger partial charge < -0.3 is 4.74 Å². The Balaban J connectivity index is 2.92. The van der Waals surface area contributed by atoms with Gasteiger partial charge in [-0.2, -0.15) is 8.42 Å². The van der Waals surface area contributed by atoms with Crippen LogP contribution in [0.4, 0.5) is 0 Å². The molecule has 0 heterocycles. The van der Waals surface area contributed by atoms with E-state index in [4.69, 9.17) is 4.74 Å². The topological polar surface area (TPSA) is 60.4 Å². The van der Waals surface area contributed by atoms with E-state index in [1.807, 2.05) is 0 Å². The van der Waals surface area contributed by atoms with Gasteiger partial charge in [0.15, 0.2) is 6.10 Å². The third kappa shape index (κ3) is 2.92. The Bertz CT molecular complexity index is 472. The molecular formula is C10H10O4S. The molecule has 0 spiro atoms. The number of carbonyl (C=O) groups excluding carboxylic acids is 1. The Kier molecular flexibility index (Phi) is 3.62. The van der Waals surface area contributed by atoms with Crippen molar-refractivity contribution in [1.82, 2.24) is 0 Å². The van der Waals surface area contributed by atoms with Gasteiger partial charge in [0.1, 0.15) is 4.86 Å². The molecule has 4 nitrogen and oxygen atoms in total. The fourth-order valence-corrected chi connectivity index (χ4v) is 1.47. The van der Waals surface area contributed by atoms with Gasteiger partial charge in [0.2, 0.25) is 10.3 Å². The highest BCUT2D eigenvalue weighted by molar-refractivity contribution is 7.73. The van der Waals surface area contributed by atoms with E-state index in [2.05, 4.69) is 6.58 Å². The van der Waals surface area contributed by atoms with Crippen LogP contribution in [-0.4, -0.2) is 25.4 Å². The van der Waals surface area contributed by atoms with Gasteiger partial charge in [-0.25, -0.2) is 4.79 Å². The molecule has 1 rings (SSSR count). The molecule has 1 aliphatic carbocycles. The fourth-order valence-electron chi connectivity index (χ4n) is 0.969. The summed E-state index contributed by atoms with van der Waals surface area (Å²) in [6.45, 7) is 4.91. The van der Waals surface area contributed by atoms with Gasteiger partial charge in [-0.05, 0) is 19.1 Å². The van der Waals surface area contributed by atoms with Crippen molar-refractivity contribution in [2.75, 3.05) is 0 Å². The van der Waals surface area contributed by atoms with Crippen molar-refractivity contribution in [2.24, 2.45) is 0 Å². The van der Waals surface area contributed by atoms with Crippen molar-refractivity contribution in [1.29, 1.82) is 0 Å². The highest BCUT2D eigenvalue weighted by Gasteiger charge is 2.19. The summed E-state index contributed by atoms with van der Waals surface area (Å²) in [4.78, 5) is 11.2. The van der Waals surface area contributed by atoms with E-state index < -0.39 is 22.4 Å². The molecule has 0 radical (unpaired) electrons. The maximum Gasteiger partial charge on any atom is 0.334 e. The van der Waals surface area contributed by atoms with Crippen LogP contribution in [0.3, 0.4) is 0 Å². The van der Waals surface area contributed by atoms with E-state index in [9.17, 15) is 13.2 Å². The lowest BCUT2D eigenvalue weighted by atomic mass is 10.1. The molecule has 1 atom stereocenters. The van der Waals surface area contributed by atoms with Gasteiger partial charge in [0.05, 0.1) is 0 Å². The highest BCUT2D eigenvalue weighted by Crippen LogP contribution is 2.07. The lowest BCUT2D eigenvalue weighted by Gasteiger charge is -2.14. The van der Waals surface area contributed by atoms with E-state index in [0.29, 0.717) is 0 Å². The Hall–Kier alpha value is -1.62. The number of hydrogen-bond donors (Lipinski definition) is 0. The van der Waals surface area contributed by atoms with Crippen molar-refractivity contribution in [3.05, 3.63) is 36.5 Å². The average Bonchev–Trinajstić information content (AvgIpc) is 2.18. The molecule has 0 amide bonds. The predicted molar refractivity (Wildman–Crippen MR) is 56.9 cm³/mol. The highest BCUT2D eigenvalue weighted by atomic mass is 32.2. The van der Waals surface area contributed by atoms with E-state index in [1.165, 1.54) is 19.1 Å². The van der Waals surface area contributed by atoms with Gasteiger partial charge in [-0.3, -0.25) is 0 Å². The molecule has 0 N–H and O–H groups in total. The van der Waals surface area contributed by atoms with Crippen LogP contribution in [0.5, 0.6) is 0 Å². The summed E-state index contributed by atoms with van der Waals surface area (Å²) in [6, 6.07) is 0. The Morgan fingerprint density at radius 1 is 1.47 bits per heavy atom. The third-order valence-corrected chi connectivity index (χ3v) is 2.47. The normalized spacial score (nSPS) is 18.7. The summed E-state index contributed by atoms with van der Waals surface area (Å²) in [5, 5.41) is 0. The minimum atomic E-state index is -2.39. The van der Waals surface area contributed by atoms with Gasteiger partial charge in [-0.15, -0.1) is 0 Å². The van der Waals surface area contributed by atoms with Crippen LogP contribution in [0.25, 0.3) is 0 Å². The molecule has 0 fully saturated rings. The maximum absolute atomic E-state index is 11.2. The Morgan fingerprint density at radius 2 is 2.13 bits per heavy atom. The monoisotopic (exact) mass is 226 g/mol. The van der Waals surface area contributed by atoms with Crippen LogP contribution in [0.2, 0.25) is 0 Å². The second-order valence-electron chi connectivity index (χ2n) is 2.99. The molecule has 1 unspecified atom stereocenters. The van der Waals surface area contributed by atoms with Crippen molar-refractivity contribution in [2.45, 2.75) is 13.0 Å². The van der Waals surface area contributed by atoms with Gasteiger partial charge >= 0.3 is 5.97 Å². The molecule has 0 aromatic carbocycles. The van der Waals surface area contributed by atoms with Crippen LogP contribution in [0, 0.1) is 0 Å². The lowest BCUT2D eigenvalue weighted by molar-refractivity contribution is -0.139. The zero-order chi connectivity index (χ0) is 11.4. The van der Waals surface area contributed by atoms with Gasteiger partial charge in [0, 0.05) is 5.57 Å². The molecule has 15 heavy (non-hydrogen) atoms. The first kappa shape index (κ1) is 11.5. The van der Waals surface area contributed by atoms with E-state index in [0.717, 1.165) is 0 Å². The number of allylic oxidation sites excluding steroid dienone is 2. The quantitative estimate of drug-likeness (QED) is 0.394. The summed E-state index contributed by atoms with van der Waals surface area (Å²) in [6.07, 6.45) is 5.21. The second kappa shape index (κ2) is 4.75. The fraction of sp³-hybridized carbons (Fsp3) is 0.200. The predicted octanol–water partition coefficient (Wildman–Crippen LogP) is 0.652. The smallest absolute Gasteiger partial charge is 0.334 e. The molecule has 0 aromatic rings. The Morgan fingerprint density at radius 3 is 2.67 bits per heavy atom. The molecule has 1 aliphatic rings. The summed E-state index contributed by atoms with van der Waals surface area (Å²) in [5.74, 6) is -0.608. The summed E-state index contributed by atoms with van der Waals surface area (Å²) in [5.41, 5.74) is 0.231. The average molecular weight is 226 g/mol. The minimum Gasteiger partial charge on any atom is -0.449 e. The summed E-state index contributed by atoms with van der Waals surface area (Å²) >= 11 is 0. The van der Waals surface area contributed by atoms with Crippen molar-refractivity contribution in [3.63, 3.8) is 0 Å². The molecule has 0 saturated carbocycles. The number of ether oxygens (including phenoxy) is 1. The molecule has 0 aromatic heterocycles. The first-order valence-electron chi connectivity index (χ1n) is 4.20. The van der Waals surface area contributed by atoms with Gasteiger partial charge in [-0.1, -0.05) is 18.7 Å². The van der Waals surface area contributed by atoms with Crippen LogP contribution in [-0.2, 0) is 19.8 Å². The molecule has 0 saturated heterocycles.